The zero-order valence-electron chi connectivity index (χ0n) is 9.64. The van der Waals surface area contributed by atoms with Gasteiger partial charge in [-0.15, -0.1) is 0 Å². The van der Waals surface area contributed by atoms with Crippen molar-refractivity contribution in [2.45, 2.75) is 53.0 Å². The van der Waals surface area contributed by atoms with Crippen molar-refractivity contribution in [3.05, 3.63) is 0 Å². The summed E-state index contributed by atoms with van der Waals surface area (Å²) in [7, 11) is 0. The van der Waals surface area contributed by atoms with E-state index >= 15 is 0 Å². The molecule has 0 bridgehead atoms. The molecule has 1 fully saturated rings. The normalized spacial score (nSPS) is 30.0. The van der Waals surface area contributed by atoms with Gasteiger partial charge in [0, 0.05) is 6.04 Å². The van der Waals surface area contributed by atoms with Crippen LogP contribution in [0.25, 0.3) is 0 Å². The van der Waals surface area contributed by atoms with Gasteiger partial charge >= 0.3 is 0 Å². The van der Waals surface area contributed by atoms with E-state index in [0.717, 1.165) is 23.8 Å². The van der Waals surface area contributed by atoms with Crippen LogP contribution in [0, 0.1) is 17.8 Å². The molecular formula is C12H25N. The molecule has 0 aromatic heterocycles. The lowest BCUT2D eigenvalue weighted by molar-refractivity contribution is 0.196. The molecule has 2 atom stereocenters. The molecule has 0 amide bonds. The molecule has 2 unspecified atom stereocenters. The molecule has 1 N–H and O–H groups in total. The van der Waals surface area contributed by atoms with E-state index in [1.165, 1.54) is 25.8 Å². The van der Waals surface area contributed by atoms with Crippen LogP contribution >= 0.6 is 0 Å². The van der Waals surface area contributed by atoms with E-state index in [4.69, 9.17) is 0 Å². The Labute approximate surface area is 83.3 Å². The second-order valence-corrected chi connectivity index (χ2v) is 5.24. The zero-order valence-corrected chi connectivity index (χ0v) is 9.64. The molecule has 1 aliphatic rings. The molecule has 78 valence electrons. The van der Waals surface area contributed by atoms with Crippen molar-refractivity contribution in [3.8, 4) is 0 Å². The smallest absolute Gasteiger partial charge is 0.0100 e. The van der Waals surface area contributed by atoms with E-state index < -0.39 is 0 Å². The first-order chi connectivity index (χ1) is 6.11. The molecule has 0 spiro atoms. The largest absolute Gasteiger partial charge is 0.314 e. The monoisotopic (exact) mass is 183 g/mol. The van der Waals surface area contributed by atoms with Gasteiger partial charge < -0.3 is 5.32 Å². The fourth-order valence-corrected chi connectivity index (χ4v) is 2.54. The summed E-state index contributed by atoms with van der Waals surface area (Å²) in [4.78, 5) is 0. The average molecular weight is 183 g/mol. The van der Waals surface area contributed by atoms with Crippen LogP contribution in [0.1, 0.15) is 47.0 Å². The van der Waals surface area contributed by atoms with Crippen LogP contribution < -0.4 is 5.32 Å². The lowest BCUT2D eigenvalue weighted by Gasteiger charge is -2.36. The molecule has 1 heterocycles. The fourth-order valence-electron chi connectivity index (χ4n) is 2.54. The van der Waals surface area contributed by atoms with Gasteiger partial charge in [0.1, 0.15) is 0 Å². The zero-order chi connectivity index (χ0) is 9.84. The standard InChI is InChI=1S/C12H25N/c1-9(2)8-12-11(10(3)4)6-5-7-13-12/h9-13H,5-8H2,1-4H3. The average Bonchev–Trinajstić information content (AvgIpc) is 2.03. The maximum absolute atomic E-state index is 3.68. The minimum Gasteiger partial charge on any atom is -0.314 e. The van der Waals surface area contributed by atoms with E-state index in [1.807, 2.05) is 0 Å². The Morgan fingerprint density at radius 3 is 2.46 bits per heavy atom. The number of piperidine rings is 1. The van der Waals surface area contributed by atoms with Gasteiger partial charge in [-0.1, -0.05) is 27.7 Å². The maximum Gasteiger partial charge on any atom is 0.0100 e. The highest BCUT2D eigenvalue weighted by Crippen LogP contribution is 2.27. The van der Waals surface area contributed by atoms with E-state index in [-0.39, 0.29) is 0 Å². The van der Waals surface area contributed by atoms with Gasteiger partial charge in [0.2, 0.25) is 0 Å². The van der Waals surface area contributed by atoms with Gasteiger partial charge in [-0.3, -0.25) is 0 Å². The molecule has 1 heteroatoms. The fraction of sp³-hybridized carbons (Fsp3) is 1.00. The Kier molecular flexibility index (Phi) is 4.24. The Balaban J connectivity index is 2.46. The molecule has 0 radical (unpaired) electrons. The van der Waals surface area contributed by atoms with Crippen LogP contribution in [0.2, 0.25) is 0 Å². The number of hydrogen-bond acceptors (Lipinski definition) is 1. The number of rotatable bonds is 3. The van der Waals surface area contributed by atoms with E-state index in [9.17, 15) is 0 Å². The summed E-state index contributed by atoms with van der Waals surface area (Å²) in [5.41, 5.74) is 0. The first-order valence-corrected chi connectivity index (χ1v) is 5.84. The third-order valence-electron chi connectivity index (χ3n) is 3.22. The highest BCUT2D eigenvalue weighted by Gasteiger charge is 2.27. The molecular weight excluding hydrogens is 158 g/mol. The minimum absolute atomic E-state index is 0.786. The van der Waals surface area contributed by atoms with Crippen molar-refractivity contribution >= 4 is 0 Å². The molecule has 0 aromatic rings. The van der Waals surface area contributed by atoms with Crippen molar-refractivity contribution in [2.75, 3.05) is 6.54 Å². The Morgan fingerprint density at radius 2 is 1.92 bits per heavy atom. The first kappa shape index (κ1) is 11.0. The molecule has 0 saturated carbocycles. The molecule has 13 heavy (non-hydrogen) atoms. The molecule has 1 rings (SSSR count). The predicted octanol–water partition coefficient (Wildman–Crippen LogP) is 3.06. The maximum atomic E-state index is 3.68. The summed E-state index contributed by atoms with van der Waals surface area (Å²) < 4.78 is 0. The molecule has 0 aliphatic carbocycles. The van der Waals surface area contributed by atoms with Gasteiger partial charge in [-0.2, -0.15) is 0 Å². The third kappa shape index (κ3) is 3.30. The molecule has 0 aromatic carbocycles. The van der Waals surface area contributed by atoms with E-state index in [1.54, 1.807) is 0 Å². The minimum atomic E-state index is 0.786. The van der Waals surface area contributed by atoms with Gasteiger partial charge in [-0.05, 0) is 43.6 Å². The molecule has 1 aliphatic heterocycles. The van der Waals surface area contributed by atoms with Crippen molar-refractivity contribution in [2.24, 2.45) is 17.8 Å². The van der Waals surface area contributed by atoms with Gasteiger partial charge in [-0.25, -0.2) is 0 Å². The Hall–Kier alpha value is -0.0400. The van der Waals surface area contributed by atoms with Crippen molar-refractivity contribution in [1.82, 2.24) is 5.32 Å². The van der Waals surface area contributed by atoms with Crippen LogP contribution in [0.5, 0.6) is 0 Å². The summed E-state index contributed by atoms with van der Waals surface area (Å²) in [5, 5.41) is 3.68. The van der Waals surface area contributed by atoms with Crippen molar-refractivity contribution in [3.63, 3.8) is 0 Å². The second-order valence-electron chi connectivity index (χ2n) is 5.24. The summed E-state index contributed by atoms with van der Waals surface area (Å²) >= 11 is 0. The SMILES string of the molecule is CC(C)CC1NCCCC1C(C)C. The highest BCUT2D eigenvalue weighted by molar-refractivity contribution is 4.83. The van der Waals surface area contributed by atoms with Gasteiger partial charge in [0.25, 0.3) is 0 Å². The number of hydrogen-bond donors (Lipinski definition) is 1. The van der Waals surface area contributed by atoms with Crippen LogP contribution in [-0.4, -0.2) is 12.6 Å². The van der Waals surface area contributed by atoms with Crippen LogP contribution in [-0.2, 0) is 0 Å². The summed E-state index contributed by atoms with van der Waals surface area (Å²) in [5.74, 6) is 2.59. The topological polar surface area (TPSA) is 12.0 Å². The van der Waals surface area contributed by atoms with Crippen LogP contribution in [0.15, 0.2) is 0 Å². The van der Waals surface area contributed by atoms with Gasteiger partial charge in [0.05, 0.1) is 0 Å². The quantitative estimate of drug-likeness (QED) is 0.709. The Bertz CT molecular complexity index is 140. The van der Waals surface area contributed by atoms with E-state index in [2.05, 4.69) is 33.0 Å². The third-order valence-corrected chi connectivity index (χ3v) is 3.22. The molecule has 1 saturated heterocycles. The summed E-state index contributed by atoms with van der Waals surface area (Å²) in [6, 6.07) is 0.786. The van der Waals surface area contributed by atoms with Crippen molar-refractivity contribution < 1.29 is 0 Å². The number of nitrogens with one attached hydrogen (secondary N) is 1. The lowest BCUT2D eigenvalue weighted by atomic mass is 9.79. The summed E-state index contributed by atoms with van der Waals surface area (Å²) in [6.45, 7) is 10.6. The highest BCUT2D eigenvalue weighted by atomic mass is 14.9. The second kappa shape index (κ2) is 4.99. The first-order valence-electron chi connectivity index (χ1n) is 5.84. The van der Waals surface area contributed by atoms with Crippen LogP contribution in [0.4, 0.5) is 0 Å². The summed E-state index contributed by atoms with van der Waals surface area (Å²) in [6.07, 6.45) is 4.16. The van der Waals surface area contributed by atoms with Crippen LogP contribution in [0.3, 0.4) is 0 Å². The van der Waals surface area contributed by atoms with Gasteiger partial charge in [0.15, 0.2) is 0 Å². The lowest BCUT2D eigenvalue weighted by Crippen LogP contribution is -2.44. The predicted molar refractivity (Wildman–Crippen MR) is 58.8 cm³/mol. The molecule has 1 nitrogen and oxygen atoms in total. The van der Waals surface area contributed by atoms with E-state index in [0.29, 0.717) is 0 Å². The van der Waals surface area contributed by atoms with Crippen molar-refractivity contribution in [1.29, 1.82) is 0 Å². The Morgan fingerprint density at radius 1 is 1.23 bits per heavy atom.